The first kappa shape index (κ1) is 13.9. The molecule has 0 bridgehead atoms. The Morgan fingerprint density at radius 1 is 1.42 bits per heavy atom. The summed E-state index contributed by atoms with van der Waals surface area (Å²) in [5, 5.41) is 6.10. The van der Waals surface area contributed by atoms with Crippen LogP contribution in [0.1, 0.15) is 25.3 Å². The molecule has 0 spiro atoms. The summed E-state index contributed by atoms with van der Waals surface area (Å²) < 4.78 is 26.9. The number of carbonyl (C=O) groups is 1. The van der Waals surface area contributed by atoms with E-state index in [4.69, 9.17) is 0 Å². The van der Waals surface area contributed by atoms with Crippen LogP contribution in [0.25, 0.3) is 0 Å². The van der Waals surface area contributed by atoms with E-state index in [0.717, 1.165) is 31.5 Å². The van der Waals surface area contributed by atoms with Crippen LogP contribution in [-0.2, 0) is 11.2 Å². The van der Waals surface area contributed by atoms with E-state index in [0.29, 0.717) is 0 Å². The van der Waals surface area contributed by atoms with Crippen molar-refractivity contribution in [2.45, 2.75) is 38.3 Å². The van der Waals surface area contributed by atoms with Crippen LogP contribution in [0.3, 0.4) is 0 Å². The minimum atomic E-state index is -0.676. The summed E-state index contributed by atoms with van der Waals surface area (Å²) in [4.78, 5) is 11.9. The SMILES string of the molecule is C[C@H]1NCCC[C@H]1NC(=O)Cc1c(F)cccc1F. The van der Waals surface area contributed by atoms with Gasteiger partial charge in [-0.15, -0.1) is 0 Å². The molecular weight excluding hydrogens is 250 g/mol. The molecule has 3 nitrogen and oxygen atoms in total. The Labute approximate surface area is 111 Å². The lowest BCUT2D eigenvalue weighted by Gasteiger charge is -2.30. The van der Waals surface area contributed by atoms with Gasteiger partial charge in [-0.05, 0) is 38.4 Å². The van der Waals surface area contributed by atoms with Gasteiger partial charge in [-0.2, -0.15) is 0 Å². The molecule has 2 atom stereocenters. The van der Waals surface area contributed by atoms with Gasteiger partial charge < -0.3 is 10.6 Å². The average molecular weight is 268 g/mol. The third-order valence-electron chi connectivity index (χ3n) is 3.51. The largest absolute Gasteiger partial charge is 0.352 e. The van der Waals surface area contributed by atoms with Crippen LogP contribution < -0.4 is 10.6 Å². The third kappa shape index (κ3) is 3.50. The molecule has 2 rings (SSSR count). The highest BCUT2D eigenvalue weighted by atomic mass is 19.1. The Morgan fingerprint density at radius 2 is 2.11 bits per heavy atom. The van der Waals surface area contributed by atoms with E-state index < -0.39 is 11.6 Å². The van der Waals surface area contributed by atoms with Gasteiger partial charge >= 0.3 is 0 Å². The maximum absolute atomic E-state index is 13.4. The fourth-order valence-corrected chi connectivity index (χ4v) is 2.36. The first-order valence-corrected chi connectivity index (χ1v) is 6.53. The zero-order chi connectivity index (χ0) is 13.8. The molecule has 104 valence electrons. The van der Waals surface area contributed by atoms with Crippen LogP contribution in [0.5, 0.6) is 0 Å². The van der Waals surface area contributed by atoms with Gasteiger partial charge in [0.05, 0.1) is 6.42 Å². The molecule has 1 aromatic carbocycles. The van der Waals surface area contributed by atoms with E-state index in [1.54, 1.807) is 0 Å². The zero-order valence-corrected chi connectivity index (χ0v) is 10.9. The van der Waals surface area contributed by atoms with E-state index in [-0.39, 0.29) is 30.0 Å². The minimum absolute atomic E-state index is 0.0242. The van der Waals surface area contributed by atoms with Gasteiger partial charge in [0.2, 0.25) is 5.91 Å². The molecular formula is C14H18F2N2O. The lowest BCUT2D eigenvalue weighted by molar-refractivity contribution is -0.121. The van der Waals surface area contributed by atoms with Crippen molar-refractivity contribution >= 4 is 5.91 Å². The van der Waals surface area contributed by atoms with Crippen molar-refractivity contribution in [2.24, 2.45) is 0 Å². The summed E-state index contributed by atoms with van der Waals surface area (Å²) in [6.07, 6.45) is 1.62. The summed E-state index contributed by atoms with van der Waals surface area (Å²) in [5.74, 6) is -1.69. The normalized spacial score (nSPS) is 23.1. The van der Waals surface area contributed by atoms with E-state index in [9.17, 15) is 13.6 Å². The smallest absolute Gasteiger partial charge is 0.224 e. The third-order valence-corrected chi connectivity index (χ3v) is 3.51. The molecule has 1 aromatic rings. The second-order valence-corrected chi connectivity index (χ2v) is 4.94. The van der Waals surface area contributed by atoms with Crippen molar-refractivity contribution in [1.29, 1.82) is 0 Å². The number of benzene rings is 1. The Morgan fingerprint density at radius 3 is 2.74 bits per heavy atom. The lowest BCUT2D eigenvalue weighted by atomic mass is 9.99. The van der Waals surface area contributed by atoms with Gasteiger partial charge in [-0.1, -0.05) is 6.07 Å². The highest BCUT2D eigenvalue weighted by molar-refractivity contribution is 5.79. The van der Waals surface area contributed by atoms with Crippen LogP contribution in [0.15, 0.2) is 18.2 Å². The molecule has 1 heterocycles. The van der Waals surface area contributed by atoms with E-state index in [1.165, 1.54) is 6.07 Å². The predicted molar refractivity (Wildman–Crippen MR) is 68.7 cm³/mol. The van der Waals surface area contributed by atoms with Crippen molar-refractivity contribution in [3.8, 4) is 0 Å². The topological polar surface area (TPSA) is 41.1 Å². The molecule has 5 heteroatoms. The first-order valence-electron chi connectivity index (χ1n) is 6.53. The maximum Gasteiger partial charge on any atom is 0.224 e. The fraction of sp³-hybridized carbons (Fsp3) is 0.500. The molecule has 1 aliphatic heterocycles. The van der Waals surface area contributed by atoms with Gasteiger partial charge in [0.25, 0.3) is 0 Å². The van der Waals surface area contributed by atoms with Gasteiger partial charge in [-0.3, -0.25) is 4.79 Å². The number of carbonyl (C=O) groups excluding carboxylic acids is 1. The lowest BCUT2D eigenvalue weighted by Crippen LogP contribution is -2.52. The zero-order valence-electron chi connectivity index (χ0n) is 10.9. The molecule has 2 N–H and O–H groups in total. The van der Waals surface area contributed by atoms with Crippen LogP contribution in [0.2, 0.25) is 0 Å². The number of piperidine rings is 1. The molecule has 0 aromatic heterocycles. The van der Waals surface area contributed by atoms with Crippen molar-refractivity contribution in [3.05, 3.63) is 35.4 Å². The molecule has 0 unspecified atom stereocenters. The minimum Gasteiger partial charge on any atom is -0.352 e. The van der Waals surface area contributed by atoms with E-state index in [1.807, 2.05) is 6.92 Å². The Bertz CT molecular complexity index is 445. The second kappa shape index (κ2) is 6.10. The maximum atomic E-state index is 13.4. The number of nitrogens with one attached hydrogen (secondary N) is 2. The molecule has 1 saturated heterocycles. The van der Waals surface area contributed by atoms with Gasteiger partial charge in [0.1, 0.15) is 11.6 Å². The summed E-state index contributed by atoms with van der Waals surface area (Å²) in [5.41, 5.74) is -0.170. The number of hydrogen-bond donors (Lipinski definition) is 2. The van der Waals surface area contributed by atoms with Gasteiger partial charge in [-0.25, -0.2) is 8.78 Å². The Kier molecular flexibility index (Phi) is 4.47. The Balaban J connectivity index is 1.97. The van der Waals surface area contributed by atoms with Crippen LogP contribution in [0.4, 0.5) is 8.78 Å². The Hall–Kier alpha value is -1.49. The summed E-state index contributed by atoms with van der Waals surface area (Å²) in [6, 6.07) is 3.82. The van der Waals surface area contributed by atoms with Gasteiger partial charge in [0.15, 0.2) is 0 Å². The number of amides is 1. The van der Waals surface area contributed by atoms with Crippen molar-refractivity contribution in [3.63, 3.8) is 0 Å². The van der Waals surface area contributed by atoms with Crippen molar-refractivity contribution < 1.29 is 13.6 Å². The first-order chi connectivity index (χ1) is 9.08. The molecule has 0 aliphatic carbocycles. The highest BCUT2D eigenvalue weighted by Gasteiger charge is 2.23. The van der Waals surface area contributed by atoms with Gasteiger partial charge in [0, 0.05) is 17.6 Å². The molecule has 1 aliphatic rings. The summed E-state index contributed by atoms with van der Waals surface area (Å²) in [6.45, 7) is 2.93. The fourth-order valence-electron chi connectivity index (χ4n) is 2.36. The van der Waals surface area contributed by atoms with Crippen LogP contribution in [-0.4, -0.2) is 24.5 Å². The number of rotatable bonds is 3. The average Bonchev–Trinajstić information content (AvgIpc) is 2.37. The quantitative estimate of drug-likeness (QED) is 0.877. The highest BCUT2D eigenvalue weighted by Crippen LogP contribution is 2.13. The molecule has 0 radical (unpaired) electrons. The summed E-state index contributed by atoms with van der Waals surface area (Å²) in [7, 11) is 0. The second-order valence-electron chi connectivity index (χ2n) is 4.94. The molecule has 0 saturated carbocycles. The van der Waals surface area contributed by atoms with Crippen LogP contribution >= 0.6 is 0 Å². The molecule has 19 heavy (non-hydrogen) atoms. The van der Waals surface area contributed by atoms with E-state index >= 15 is 0 Å². The van der Waals surface area contributed by atoms with Crippen LogP contribution in [0, 0.1) is 11.6 Å². The standard InChI is InChI=1S/C14H18F2N2O/c1-9-13(6-3-7-17-9)18-14(19)8-10-11(15)4-2-5-12(10)16/h2,4-5,9,13,17H,3,6-8H2,1H3,(H,18,19)/t9-,13-/m1/s1. The molecule has 1 amide bonds. The number of halogens is 2. The monoisotopic (exact) mass is 268 g/mol. The van der Waals surface area contributed by atoms with Crippen molar-refractivity contribution in [1.82, 2.24) is 10.6 Å². The summed E-state index contributed by atoms with van der Waals surface area (Å²) >= 11 is 0. The van der Waals surface area contributed by atoms with E-state index in [2.05, 4.69) is 10.6 Å². The number of hydrogen-bond acceptors (Lipinski definition) is 2. The van der Waals surface area contributed by atoms with Crippen molar-refractivity contribution in [2.75, 3.05) is 6.54 Å². The predicted octanol–water partition coefficient (Wildman–Crippen LogP) is 1.76. The molecule has 1 fully saturated rings.